The van der Waals surface area contributed by atoms with E-state index in [1.807, 2.05) is 0 Å². The maximum absolute atomic E-state index is 12.0. The maximum atomic E-state index is 12.0. The highest BCUT2D eigenvalue weighted by atomic mass is 16.1. The second kappa shape index (κ2) is 7.78. The molecule has 0 aromatic carbocycles. The lowest BCUT2D eigenvalue weighted by molar-refractivity contribution is -0.123. The van der Waals surface area contributed by atoms with E-state index in [1.165, 1.54) is 19.3 Å². The highest BCUT2D eigenvalue weighted by Crippen LogP contribution is 2.24. The summed E-state index contributed by atoms with van der Waals surface area (Å²) in [5.74, 6) is 1.78. The molecule has 0 radical (unpaired) electrons. The van der Waals surface area contributed by atoms with E-state index in [9.17, 15) is 4.79 Å². The van der Waals surface area contributed by atoms with Crippen LogP contribution in [0.3, 0.4) is 0 Å². The van der Waals surface area contributed by atoms with Gasteiger partial charge in [-0.3, -0.25) is 4.79 Å². The number of nitrogens with one attached hydrogen (secondary N) is 1. The molecule has 1 fully saturated rings. The van der Waals surface area contributed by atoms with Crippen molar-refractivity contribution in [3.63, 3.8) is 0 Å². The largest absolute Gasteiger partial charge is 0.353 e. The van der Waals surface area contributed by atoms with Crippen LogP contribution in [-0.4, -0.2) is 18.5 Å². The average molecular weight is 254 g/mol. The second-order valence-electron chi connectivity index (χ2n) is 6.37. The van der Waals surface area contributed by atoms with E-state index >= 15 is 0 Å². The first-order valence-electron chi connectivity index (χ1n) is 7.52. The summed E-state index contributed by atoms with van der Waals surface area (Å²) in [6.07, 6.45) is 6.59. The Hall–Kier alpha value is -0.570. The first kappa shape index (κ1) is 15.5. The van der Waals surface area contributed by atoms with Crippen LogP contribution < -0.4 is 11.1 Å². The third-order valence-corrected chi connectivity index (χ3v) is 4.07. The van der Waals surface area contributed by atoms with Crippen molar-refractivity contribution in [2.75, 3.05) is 6.54 Å². The molecule has 0 bridgehead atoms. The number of hydrogen-bond donors (Lipinski definition) is 2. The quantitative estimate of drug-likeness (QED) is 0.765. The fourth-order valence-electron chi connectivity index (χ4n) is 2.99. The minimum Gasteiger partial charge on any atom is -0.353 e. The minimum absolute atomic E-state index is 0.199. The van der Waals surface area contributed by atoms with E-state index in [0.29, 0.717) is 36.8 Å². The van der Waals surface area contributed by atoms with E-state index < -0.39 is 0 Å². The van der Waals surface area contributed by atoms with Crippen LogP contribution in [0.4, 0.5) is 0 Å². The summed E-state index contributed by atoms with van der Waals surface area (Å²) in [6, 6.07) is 0.392. The molecule has 3 atom stereocenters. The van der Waals surface area contributed by atoms with E-state index in [4.69, 9.17) is 5.73 Å². The fourth-order valence-corrected chi connectivity index (χ4v) is 2.99. The first-order chi connectivity index (χ1) is 8.52. The first-order valence-corrected chi connectivity index (χ1v) is 7.52. The fraction of sp³-hybridized carbons (Fsp3) is 0.933. The van der Waals surface area contributed by atoms with Gasteiger partial charge in [-0.2, -0.15) is 0 Å². The van der Waals surface area contributed by atoms with Gasteiger partial charge < -0.3 is 11.1 Å². The number of carbonyl (C=O) groups excluding carboxylic acids is 1. The van der Waals surface area contributed by atoms with E-state index in [0.717, 1.165) is 12.8 Å². The van der Waals surface area contributed by atoms with Crippen molar-refractivity contribution in [1.82, 2.24) is 5.32 Å². The Bertz CT molecular complexity index is 253. The van der Waals surface area contributed by atoms with E-state index in [1.54, 1.807) is 0 Å². The molecule has 1 aliphatic carbocycles. The van der Waals surface area contributed by atoms with Crippen molar-refractivity contribution >= 4 is 5.91 Å². The normalized spacial score (nSPS) is 26.1. The van der Waals surface area contributed by atoms with Crippen molar-refractivity contribution in [3.8, 4) is 0 Å². The summed E-state index contributed by atoms with van der Waals surface area (Å²) >= 11 is 0. The Morgan fingerprint density at radius 1 is 1.33 bits per heavy atom. The molecular weight excluding hydrogens is 224 g/mol. The molecule has 0 aromatic heterocycles. The third kappa shape index (κ3) is 5.38. The smallest absolute Gasteiger partial charge is 0.220 e. The van der Waals surface area contributed by atoms with Crippen LogP contribution in [-0.2, 0) is 4.79 Å². The highest BCUT2D eigenvalue weighted by molar-refractivity contribution is 5.76. The molecule has 18 heavy (non-hydrogen) atoms. The molecule has 3 heteroatoms. The molecule has 106 valence electrons. The highest BCUT2D eigenvalue weighted by Gasteiger charge is 2.23. The predicted molar refractivity (Wildman–Crippen MR) is 76.2 cm³/mol. The van der Waals surface area contributed by atoms with Crippen LogP contribution in [0.25, 0.3) is 0 Å². The zero-order valence-corrected chi connectivity index (χ0v) is 12.2. The van der Waals surface area contributed by atoms with Crippen molar-refractivity contribution in [2.45, 2.75) is 65.3 Å². The number of nitrogens with two attached hydrogens (primary N) is 1. The van der Waals surface area contributed by atoms with Gasteiger partial charge in [-0.15, -0.1) is 0 Å². The van der Waals surface area contributed by atoms with Gasteiger partial charge >= 0.3 is 0 Å². The SMILES string of the molecule is CC(C)CC(CN)CC(=O)NC1CCCCC1C. The van der Waals surface area contributed by atoms with Crippen LogP contribution in [0.2, 0.25) is 0 Å². The maximum Gasteiger partial charge on any atom is 0.220 e. The van der Waals surface area contributed by atoms with Crippen molar-refractivity contribution in [3.05, 3.63) is 0 Å². The van der Waals surface area contributed by atoms with E-state index in [-0.39, 0.29) is 5.91 Å². The zero-order chi connectivity index (χ0) is 13.5. The van der Waals surface area contributed by atoms with Crippen LogP contribution in [0.5, 0.6) is 0 Å². The molecule has 0 heterocycles. The molecule has 1 saturated carbocycles. The number of amides is 1. The Balaban J connectivity index is 2.34. The summed E-state index contributed by atoms with van der Waals surface area (Å²) in [5, 5.41) is 3.21. The van der Waals surface area contributed by atoms with Gasteiger partial charge in [-0.05, 0) is 43.6 Å². The molecule has 3 N–H and O–H groups in total. The molecule has 1 amide bonds. The molecule has 0 aromatic rings. The van der Waals surface area contributed by atoms with Gasteiger partial charge in [0.1, 0.15) is 0 Å². The van der Waals surface area contributed by atoms with Gasteiger partial charge in [0.25, 0.3) is 0 Å². The zero-order valence-electron chi connectivity index (χ0n) is 12.2. The van der Waals surface area contributed by atoms with Crippen molar-refractivity contribution in [2.24, 2.45) is 23.5 Å². The molecule has 0 spiro atoms. The van der Waals surface area contributed by atoms with Gasteiger partial charge in [0.05, 0.1) is 0 Å². The summed E-state index contributed by atoms with van der Waals surface area (Å²) in [7, 11) is 0. The predicted octanol–water partition coefficient (Wildman–Crippen LogP) is 2.69. The molecule has 3 unspecified atom stereocenters. The molecule has 0 aliphatic heterocycles. The Kier molecular flexibility index (Phi) is 6.69. The van der Waals surface area contributed by atoms with E-state index in [2.05, 4.69) is 26.1 Å². The van der Waals surface area contributed by atoms with Crippen LogP contribution in [0, 0.1) is 17.8 Å². The Labute approximate surface area is 112 Å². The minimum atomic E-state index is 0.199. The Morgan fingerprint density at radius 2 is 2.00 bits per heavy atom. The number of rotatable bonds is 6. The average Bonchev–Trinajstić information content (AvgIpc) is 2.30. The summed E-state index contributed by atoms with van der Waals surface area (Å²) in [6.45, 7) is 7.23. The van der Waals surface area contributed by atoms with Crippen LogP contribution in [0.1, 0.15) is 59.3 Å². The number of carbonyl (C=O) groups is 1. The summed E-state index contributed by atoms with van der Waals surface area (Å²) < 4.78 is 0. The Morgan fingerprint density at radius 3 is 2.56 bits per heavy atom. The molecule has 3 nitrogen and oxygen atoms in total. The van der Waals surface area contributed by atoms with Gasteiger partial charge in [0.15, 0.2) is 0 Å². The number of hydrogen-bond acceptors (Lipinski definition) is 2. The summed E-state index contributed by atoms with van der Waals surface area (Å²) in [5.41, 5.74) is 5.75. The molecule has 0 saturated heterocycles. The van der Waals surface area contributed by atoms with Gasteiger partial charge in [0.2, 0.25) is 5.91 Å². The lowest BCUT2D eigenvalue weighted by Gasteiger charge is -2.30. The molecule has 1 rings (SSSR count). The monoisotopic (exact) mass is 254 g/mol. The van der Waals surface area contributed by atoms with Gasteiger partial charge in [-0.1, -0.05) is 33.6 Å². The van der Waals surface area contributed by atoms with Crippen LogP contribution in [0.15, 0.2) is 0 Å². The summed E-state index contributed by atoms with van der Waals surface area (Å²) in [4.78, 5) is 12.0. The lowest BCUT2D eigenvalue weighted by Crippen LogP contribution is -2.42. The topological polar surface area (TPSA) is 55.1 Å². The van der Waals surface area contributed by atoms with Crippen LogP contribution >= 0.6 is 0 Å². The van der Waals surface area contributed by atoms with Crippen molar-refractivity contribution < 1.29 is 4.79 Å². The van der Waals surface area contributed by atoms with Gasteiger partial charge in [-0.25, -0.2) is 0 Å². The lowest BCUT2D eigenvalue weighted by atomic mass is 9.85. The third-order valence-electron chi connectivity index (χ3n) is 4.07. The molecular formula is C15H30N2O. The standard InChI is InChI=1S/C15H30N2O/c1-11(2)8-13(10-16)9-15(18)17-14-7-5-4-6-12(14)3/h11-14H,4-10,16H2,1-3H3,(H,17,18). The van der Waals surface area contributed by atoms with Gasteiger partial charge in [0, 0.05) is 12.5 Å². The second-order valence-corrected chi connectivity index (χ2v) is 6.37. The molecule has 1 aliphatic rings. The van der Waals surface area contributed by atoms with Crippen molar-refractivity contribution in [1.29, 1.82) is 0 Å².